The molecule has 0 bridgehead atoms. The number of hydrogen-bond donors (Lipinski definition) is 5. The first-order chi connectivity index (χ1) is 24.0. The SMILES string of the molecule is C[C@@H]1C[C@H]2[C@@H]3CCC4=CC(=O)C=C[C@]4(C)[C@@]3(F)[C@@H](O)C[C@]2(C)[C@@]1(O)C(=O)CO.C[C@]1(O)CC[C@H]2[C@@H]3CCC4=CC(=O)CC[C@]4(C)[C@@]3(F)[C@@H](O)C[C@@]21C. The Balaban J connectivity index is 0.000000164. The van der Waals surface area contributed by atoms with Crippen molar-refractivity contribution in [3.63, 3.8) is 0 Å². The van der Waals surface area contributed by atoms with Gasteiger partial charge in [0.1, 0.15) is 17.9 Å². The van der Waals surface area contributed by atoms with E-state index in [4.69, 9.17) is 0 Å². The molecule has 288 valence electrons. The molecule has 15 atom stereocenters. The number of Topliss-reactive ketones (excluding diaryl/α,β-unsaturated/α-hetero) is 1. The molecule has 0 aromatic heterocycles. The van der Waals surface area contributed by atoms with Crippen molar-refractivity contribution in [3.8, 4) is 0 Å². The highest BCUT2D eigenvalue weighted by Gasteiger charge is 2.76. The third-order valence-corrected chi connectivity index (χ3v) is 17.4. The maximum absolute atomic E-state index is 16.9. The quantitative estimate of drug-likeness (QED) is 0.260. The molecule has 8 rings (SSSR count). The number of hydrogen-bond acceptors (Lipinski definition) is 8. The number of carbonyl (C=O) groups excluding carboxylic acids is 3. The van der Waals surface area contributed by atoms with Crippen LogP contribution in [0.15, 0.2) is 35.5 Å². The number of carbonyl (C=O) groups is 3. The van der Waals surface area contributed by atoms with Crippen molar-refractivity contribution in [3.05, 3.63) is 35.5 Å². The Labute approximate surface area is 305 Å². The predicted molar refractivity (Wildman–Crippen MR) is 189 cm³/mol. The van der Waals surface area contributed by atoms with Crippen LogP contribution in [0.2, 0.25) is 0 Å². The summed E-state index contributed by atoms with van der Waals surface area (Å²) in [7, 11) is 0. The fourth-order valence-corrected chi connectivity index (χ4v) is 14.1. The van der Waals surface area contributed by atoms with E-state index in [0.717, 1.165) is 18.4 Å². The zero-order valence-electron chi connectivity index (χ0n) is 31.6. The Hall–Kier alpha value is -2.11. The van der Waals surface area contributed by atoms with Gasteiger partial charge in [0.2, 0.25) is 0 Å². The monoisotopic (exact) mass is 728 g/mol. The lowest BCUT2D eigenvalue weighted by Crippen LogP contribution is -2.69. The van der Waals surface area contributed by atoms with Crippen molar-refractivity contribution in [2.75, 3.05) is 6.61 Å². The van der Waals surface area contributed by atoms with Crippen LogP contribution >= 0.6 is 0 Å². The Morgan fingerprint density at radius 2 is 1.38 bits per heavy atom. The average molecular weight is 729 g/mol. The Morgan fingerprint density at radius 1 is 0.788 bits per heavy atom. The normalized spacial score (nSPS) is 54.6. The molecule has 0 aromatic carbocycles. The zero-order chi connectivity index (χ0) is 38.2. The number of rotatable bonds is 2. The lowest BCUT2D eigenvalue weighted by Gasteiger charge is -2.63. The molecule has 0 amide bonds. The molecule has 6 saturated carbocycles. The van der Waals surface area contributed by atoms with Gasteiger partial charge >= 0.3 is 0 Å². The molecule has 0 aliphatic heterocycles. The predicted octanol–water partition coefficient (Wildman–Crippen LogP) is 5.23. The average Bonchev–Trinajstić information content (AvgIpc) is 3.43. The van der Waals surface area contributed by atoms with Gasteiger partial charge in [0, 0.05) is 39.9 Å². The number of aliphatic hydroxyl groups excluding tert-OH is 3. The van der Waals surface area contributed by atoms with Gasteiger partial charge in [0.25, 0.3) is 0 Å². The van der Waals surface area contributed by atoms with Crippen LogP contribution < -0.4 is 0 Å². The first-order valence-corrected chi connectivity index (χ1v) is 19.5. The molecule has 0 saturated heterocycles. The van der Waals surface area contributed by atoms with Gasteiger partial charge < -0.3 is 25.5 Å². The highest BCUT2D eigenvalue weighted by Crippen LogP contribution is 2.72. The van der Waals surface area contributed by atoms with E-state index in [9.17, 15) is 39.9 Å². The number of alkyl halides is 2. The summed E-state index contributed by atoms with van der Waals surface area (Å²) in [4.78, 5) is 36.2. The Morgan fingerprint density at radius 3 is 2.04 bits per heavy atom. The second-order valence-electron chi connectivity index (χ2n) is 19.2. The van der Waals surface area contributed by atoms with Crippen LogP contribution in [-0.4, -0.2) is 84.2 Å². The molecule has 6 fully saturated rings. The van der Waals surface area contributed by atoms with Gasteiger partial charge in [-0.05, 0) is 114 Å². The fourth-order valence-electron chi connectivity index (χ4n) is 14.1. The van der Waals surface area contributed by atoms with Gasteiger partial charge in [-0.3, -0.25) is 14.4 Å². The zero-order valence-corrected chi connectivity index (χ0v) is 31.6. The molecule has 5 N–H and O–H groups in total. The molecular weight excluding hydrogens is 670 g/mol. The van der Waals surface area contributed by atoms with Crippen LogP contribution in [0.3, 0.4) is 0 Å². The molecule has 10 heteroatoms. The van der Waals surface area contributed by atoms with Crippen LogP contribution in [-0.2, 0) is 14.4 Å². The van der Waals surface area contributed by atoms with Crippen molar-refractivity contribution in [2.24, 2.45) is 51.2 Å². The van der Waals surface area contributed by atoms with Gasteiger partial charge in [-0.1, -0.05) is 44.9 Å². The molecule has 52 heavy (non-hydrogen) atoms. The lowest BCUT2D eigenvalue weighted by atomic mass is 9.44. The minimum absolute atomic E-state index is 0.0676. The second-order valence-corrected chi connectivity index (χ2v) is 19.2. The topological polar surface area (TPSA) is 152 Å². The van der Waals surface area contributed by atoms with Crippen molar-refractivity contribution >= 4 is 17.3 Å². The summed E-state index contributed by atoms with van der Waals surface area (Å²) in [5, 5.41) is 53.8. The third-order valence-electron chi connectivity index (χ3n) is 17.4. The summed E-state index contributed by atoms with van der Waals surface area (Å²) < 4.78 is 33.5. The van der Waals surface area contributed by atoms with Crippen molar-refractivity contribution in [2.45, 2.75) is 147 Å². The molecule has 8 aliphatic rings. The molecule has 8 aliphatic carbocycles. The van der Waals surface area contributed by atoms with Crippen LogP contribution in [0, 0.1) is 51.2 Å². The summed E-state index contributed by atoms with van der Waals surface area (Å²) in [6.45, 7) is 10.3. The second kappa shape index (κ2) is 11.7. The number of ketones is 3. The summed E-state index contributed by atoms with van der Waals surface area (Å²) in [6, 6.07) is 0. The van der Waals surface area contributed by atoms with Crippen LogP contribution in [0.5, 0.6) is 0 Å². The summed E-state index contributed by atoms with van der Waals surface area (Å²) in [5.41, 5.74) is -8.00. The largest absolute Gasteiger partial charge is 0.390 e. The van der Waals surface area contributed by atoms with Crippen LogP contribution in [0.25, 0.3) is 0 Å². The first kappa shape index (κ1) is 38.2. The molecule has 0 aromatic rings. The van der Waals surface area contributed by atoms with E-state index in [1.165, 1.54) is 12.2 Å². The number of allylic oxidation sites excluding steroid dienone is 5. The van der Waals surface area contributed by atoms with E-state index in [1.54, 1.807) is 32.9 Å². The number of halogens is 2. The minimum Gasteiger partial charge on any atom is -0.390 e. The van der Waals surface area contributed by atoms with Gasteiger partial charge in [0.05, 0.1) is 17.8 Å². The molecule has 0 unspecified atom stereocenters. The van der Waals surface area contributed by atoms with Gasteiger partial charge in [-0.25, -0.2) is 8.78 Å². The van der Waals surface area contributed by atoms with Gasteiger partial charge in [-0.2, -0.15) is 0 Å². The number of fused-ring (bicyclic) bond motifs is 10. The third kappa shape index (κ3) is 4.45. The summed E-state index contributed by atoms with van der Waals surface area (Å²) in [6.07, 6.45) is 9.04. The smallest absolute Gasteiger partial charge is 0.190 e. The van der Waals surface area contributed by atoms with E-state index in [2.05, 4.69) is 0 Å². The van der Waals surface area contributed by atoms with Gasteiger partial charge in [-0.15, -0.1) is 0 Å². The molecule has 8 nitrogen and oxygen atoms in total. The highest BCUT2D eigenvalue weighted by atomic mass is 19.1. The van der Waals surface area contributed by atoms with E-state index in [1.807, 2.05) is 20.8 Å². The molecule has 0 heterocycles. The number of aliphatic hydroxyl groups is 5. The van der Waals surface area contributed by atoms with Gasteiger partial charge in [0.15, 0.2) is 23.0 Å². The Kier molecular flexibility index (Phi) is 8.59. The summed E-state index contributed by atoms with van der Waals surface area (Å²) in [5.74, 6) is -2.18. The lowest BCUT2D eigenvalue weighted by molar-refractivity contribution is -0.225. The van der Waals surface area contributed by atoms with E-state index in [-0.39, 0.29) is 35.7 Å². The van der Waals surface area contributed by atoms with E-state index < -0.39 is 80.6 Å². The van der Waals surface area contributed by atoms with Crippen LogP contribution in [0.4, 0.5) is 8.78 Å². The van der Waals surface area contributed by atoms with Crippen molar-refractivity contribution < 1.29 is 48.7 Å². The van der Waals surface area contributed by atoms with Crippen molar-refractivity contribution in [1.29, 1.82) is 0 Å². The first-order valence-electron chi connectivity index (χ1n) is 19.5. The molecular formula is C42H58F2O8. The van der Waals surface area contributed by atoms with Crippen molar-refractivity contribution in [1.82, 2.24) is 0 Å². The highest BCUT2D eigenvalue weighted by molar-refractivity contribution is 6.01. The molecule has 0 spiro atoms. The fraction of sp³-hybridized carbons (Fsp3) is 0.786. The van der Waals surface area contributed by atoms with E-state index >= 15 is 8.78 Å². The maximum Gasteiger partial charge on any atom is 0.190 e. The minimum atomic E-state index is -1.98. The van der Waals surface area contributed by atoms with E-state index in [0.29, 0.717) is 56.9 Å². The summed E-state index contributed by atoms with van der Waals surface area (Å²) >= 11 is 0. The standard InChI is InChI=1S/C22H29FO5.C20H29FO3/c1-12-8-16-15-5-4-13-9-14(25)6-7-19(13,2)21(15,23)17(26)10-20(16,3)22(12,28)18(27)11-24;1-17-8-6-13(22)10-12(17)4-5-15-14-7-9-19(3,24)18(14,2)11-16(23)20(15,17)21/h6-7,9,12,15-17,24,26,28H,4-5,8,10-11H2,1-3H3;10,14-16,23-24H,4-9,11H2,1-3H3/t12-,15+,16+,17+,19+,20+,21+,22+;14-,15-,16-,17-,18-,19-,20-/m10/s1. The Bertz CT molecular complexity index is 1670. The maximum atomic E-state index is 16.9. The molecule has 0 radical (unpaired) electrons. The van der Waals surface area contributed by atoms with Crippen LogP contribution in [0.1, 0.15) is 112 Å².